The standard InChI is InChI=1S/C28H38FN3O4/c1-6-35-25-11-9-22(17-26(25)36-7-2)28(19(3)4)30-18-27(34)32-14-12-31(13-15-32)24-10-8-21(20(5)33)16-23(24)29/h8-11,16-17,19,28,30H,6-7,12-15,18H2,1-5H3/t28-/m0/s1. The van der Waals surface area contributed by atoms with Gasteiger partial charge in [-0.05, 0) is 62.6 Å². The average Bonchev–Trinajstić information content (AvgIpc) is 2.85. The fourth-order valence-corrected chi connectivity index (χ4v) is 4.49. The first-order valence-electron chi connectivity index (χ1n) is 12.7. The van der Waals surface area contributed by atoms with Gasteiger partial charge in [0.25, 0.3) is 0 Å². The third kappa shape index (κ3) is 6.75. The van der Waals surface area contributed by atoms with Gasteiger partial charge in [-0.3, -0.25) is 9.59 Å². The van der Waals surface area contributed by atoms with Gasteiger partial charge >= 0.3 is 0 Å². The highest BCUT2D eigenvalue weighted by Gasteiger charge is 2.25. The second-order valence-corrected chi connectivity index (χ2v) is 9.26. The van der Waals surface area contributed by atoms with E-state index in [9.17, 15) is 14.0 Å². The molecule has 0 aliphatic carbocycles. The number of hydrogen-bond donors (Lipinski definition) is 1. The maximum atomic E-state index is 14.5. The number of Topliss-reactive ketones (excluding diaryl/α,β-unsaturated/α-hetero) is 1. The molecule has 2 aromatic carbocycles. The molecule has 1 N–H and O–H groups in total. The van der Waals surface area contributed by atoms with E-state index in [4.69, 9.17) is 9.47 Å². The minimum atomic E-state index is -0.411. The van der Waals surface area contributed by atoms with Crippen LogP contribution in [0.1, 0.15) is 56.6 Å². The van der Waals surface area contributed by atoms with Gasteiger partial charge in [0.1, 0.15) is 5.82 Å². The molecule has 196 valence electrons. The van der Waals surface area contributed by atoms with Gasteiger partial charge in [-0.15, -0.1) is 0 Å². The summed E-state index contributed by atoms with van der Waals surface area (Å²) in [6.07, 6.45) is 0. The van der Waals surface area contributed by atoms with Gasteiger partial charge in [-0.1, -0.05) is 19.9 Å². The Morgan fingerprint density at radius 2 is 1.64 bits per heavy atom. The van der Waals surface area contributed by atoms with E-state index >= 15 is 0 Å². The lowest BCUT2D eigenvalue weighted by atomic mass is 9.95. The number of amides is 1. The van der Waals surface area contributed by atoms with Crippen LogP contribution in [0, 0.1) is 11.7 Å². The first kappa shape index (κ1) is 27.5. The quantitative estimate of drug-likeness (QED) is 0.461. The highest BCUT2D eigenvalue weighted by atomic mass is 19.1. The molecule has 0 spiro atoms. The maximum Gasteiger partial charge on any atom is 0.236 e. The van der Waals surface area contributed by atoms with Crippen LogP contribution in [-0.4, -0.2) is 62.5 Å². The first-order valence-corrected chi connectivity index (χ1v) is 12.7. The monoisotopic (exact) mass is 499 g/mol. The molecule has 1 amide bonds. The summed E-state index contributed by atoms with van der Waals surface area (Å²) in [5.41, 5.74) is 1.86. The van der Waals surface area contributed by atoms with Crippen molar-refractivity contribution in [2.75, 3.05) is 50.8 Å². The van der Waals surface area contributed by atoms with Gasteiger partial charge < -0.3 is 24.6 Å². The molecular formula is C28H38FN3O4. The average molecular weight is 500 g/mol. The Balaban J connectivity index is 1.60. The number of anilines is 1. The second kappa shape index (κ2) is 12.7. The molecule has 36 heavy (non-hydrogen) atoms. The molecule has 2 aromatic rings. The van der Waals surface area contributed by atoms with Gasteiger partial charge in [0.2, 0.25) is 5.91 Å². The minimum Gasteiger partial charge on any atom is -0.490 e. The molecule has 1 aliphatic rings. The maximum absolute atomic E-state index is 14.5. The Morgan fingerprint density at radius 1 is 0.972 bits per heavy atom. The first-order chi connectivity index (χ1) is 17.2. The van der Waals surface area contributed by atoms with Crippen LogP contribution in [-0.2, 0) is 4.79 Å². The highest BCUT2D eigenvalue weighted by Crippen LogP contribution is 2.33. The molecule has 0 aromatic heterocycles. The lowest BCUT2D eigenvalue weighted by Gasteiger charge is -2.36. The van der Waals surface area contributed by atoms with E-state index in [0.717, 1.165) is 5.56 Å². The smallest absolute Gasteiger partial charge is 0.236 e. The van der Waals surface area contributed by atoms with Crippen LogP contribution in [0.3, 0.4) is 0 Å². The summed E-state index contributed by atoms with van der Waals surface area (Å²) in [6.45, 7) is 12.9. The zero-order chi connectivity index (χ0) is 26.2. The van der Waals surface area contributed by atoms with Gasteiger partial charge in [-0.2, -0.15) is 0 Å². The van der Waals surface area contributed by atoms with E-state index in [1.54, 1.807) is 12.1 Å². The van der Waals surface area contributed by atoms with Crippen LogP contribution in [0.2, 0.25) is 0 Å². The minimum absolute atomic E-state index is 0.0173. The zero-order valence-corrected chi connectivity index (χ0v) is 22.0. The summed E-state index contributed by atoms with van der Waals surface area (Å²) >= 11 is 0. The summed E-state index contributed by atoms with van der Waals surface area (Å²) in [5, 5.41) is 3.43. The lowest BCUT2D eigenvalue weighted by Crippen LogP contribution is -2.51. The van der Waals surface area contributed by atoms with Crippen molar-refractivity contribution in [3.8, 4) is 11.5 Å². The van der Waals surface area contributed by atoms with Gasteiger partial charge in [0, 0.05) is 37.8 Å². The predicted molar refractivity (Wildman–Crippen MR) is 140 cm³/mol. The van der Waals surface area contributed by atoms with Crippen molar-refractivity contribution >= 4 is 17.4 Å². The molecule has 3 rings (SSSR count). The van der Waals surface area contributed by atoms with Crippen LogP contribution >= 0.6 is 0 Å². The number of ketones is 1. The predicted octanol–water partition coefficient (Wildman–Crippen LogP) is 4.46. The topological polar surface area (TPSA) is 71.1 Å². The molecule has 0 unspecified atom stereocenters. The van der Waals surface area contributed by atoms with Crippen molar-refractivity contribution in [3.63, 3.8) is 0 Å². The van der Waals surface area contributed by atoms with Crippen LogP contribution in [0.5, 0.6) is 11.5 Å². The Labute approximate surface area is 213 Å². The van der Waals surface area contributed by atoms with E-state index < -0.39 is 5.82 Å². The van der Waals surface area contributed by atoms with E-state index in [1.165, 1.54) is 13.0 Å². The molecule has 0 radical (unpaired) electrons. The van der Waals surface area contributed by atoms with Gasteiger partial charge in [-0.25, -0.2) is 4.39 Å². The Morgan fingerprint density at radius 3 is 2.22 bits per heavy atom. The Hall–Kier alpha value is -3.13. The number of carbonyl (C=O) groups is 2. The SMILES string of the molecule is CCOc1ccc([C@@H](NCC(=O)N2CCN(c3ccc(C(C)=O)cc3F)CC2)C(C)C)cc1OCC. The van der Waals surface area contributed by atoms with Crippen molar-refractivity contribution in [1.29, 1.82) is 0 Å². The fourth-order valence-electron chi connectivity index (χ4n) is 4.49. The fraction of sp³-hybridized carbons (Fsp3) is 0.500. The van der Waals surface area contributed by atoms with Crippen LogP contribution in [0.4, 0.5) is 10.1 Å². The summed E-state index contributed by atoms with van der Waals surface area (Å²) in [4.78, 5) is 28.2. The molecule has 0 saturated carbocycles. The molecule has 1 fully saturated rings. The molecule has 1 saturated heterocycles. The van der Waals surface area contributed by atoms with Crippen molar-refractivity contribution in [3.05, 3.63) is 53.3 Å². The number of benzene rings is 2. The van der Waals surface area contributed by atoms with E-state index in [0.29, 0.717) is 62.1 Å². The van der Waals surface area contributed by atoms with E-state index in [-0.39, 0.29) is 30.2 Å². The molecule has 1 heterocycles. The number of nitrogens with one attached hydrogen (secondary N) is 1. The van der Waals surface area contributed by atoms with Crippen molar-refractivity contribution in [1.82, 2.24) is 10.2 Å². The van der Waals surface area contributed by atoms with E-state index in [2.05, 4.69) is 19.2 Å². The number of nitrogens with zero attached hydrogens (tertiary/aromatic N) is 2. The number of piperazine rings is 1. The largest absolute Gasteiger partial charge is 0.490 e. The number of halogens is 1. The van der Waals surface area contributed by atoms with Gasteiger partial charge in [0.15, 0.2) is 17.3 Å². The molecule has 8 heteroatoms. The summed E-state index contributed by atoms with van der Waals surface area (Å²) < 4.78 is 26.0. The zero-order valence-electron chi connectivity index (χ0n) is 22.0. The highest BCUT2D eigenvalue weighted by molar-refractivity contribution is 5.94. The summed E-state index contributed by atoms with van der Waals surface area (Å²) in [7, 11) is 0. The Kier molecular flexibility index (Phi) is 9.70. The molecule has 1 atom stereocenters. The third-order valence-electron chi connectivity index (χ3n) is 6.39. The normalized spacial score (nSPS) is 14.6. The summed E-state index contributed by atoms with van der Waals surface area (Å²) in [6, 6.07) is 10.5. The van der Waals surface area contributed by atoms with E-state index in [1.807, 2.05) is 41.8 Å². The van der Waals surface area contributed by atoms with Crippen molar-refractivity contribution in [2.45, 2.75) is 40.7 Å². The van der Waals surface area contributed by atoms with Crippen LogP contribution in [0.15, 0.2) is 36.4 Å². The van der Waals surface area contributed by atoms with Crippen molar-refractivity contribution in [2.24, 2.45) is 5.92 Å². The molecule has 1 aliphatic heterocycles. The number of hydrogen-bond acceptors (Lipinski definition) is 6. The third-order valence-corrected chi connectivity index (χ3v) is 6.39. The number of ether oxygens (including phenoxy) is 2. The number of rotatable bonds is 11. The molecule has 0 bridgehead atoms. The number of carbonyl (C=O) groups excluding carboxylic acids is 2. The van der Waals surface area contributed by atoms with Crippen LogP contribution in [0.25, 0.3) is 0 Å². The summed E-state index contributed by atoms with van der Waals surface area (Å²) in [5.74, 6) is 1.11. The molecule has 7 nitrogen and oxygen atoms in total. The lowest BCUT2D eigenvalue weighted by molar-refractivity contribution is -0.130. The van der Waals surface area contributed by atoms with Gasteiger partial charge in [0.05, 0.1) is 25.4 Å². The van der Waals surface area contributed by atoms with Crippen LogP contribution < -0.4 is 19.7 Å². The second-order valence-electron chi connectivity index (χ2n) is 9.26. The molecular weight excluding hydrogens is 461 g/mol. The van der Waals surface area contributed by atoms with Crippen molar-refractivity contribution < 1.29 is 23.5 Å². The Bertz CT molecular complexity index is 1050.